The summed E-state index contributed by atoms with van der Waals surface area (Å²) in [5.74, 6) is 2.20. The first kappa shape index (κ1) is 18.6. The molecule has 1 aliphatic rings. The standard InChI is InChI=1S/C23H19NO5/c1-26-23(25)17-9-13-20(14-10-17)28-22-15-21(29-24-22)16-7-11-19(12-8-16)27-18-5-3-2-4-6-18/h2-14,21H,15H2,1H3/t21-/m1/s1. The highest BCUT2D eigenvalue weighted by atomic mass is 16.7. The van der Waals surface area contributed by atoms with Crippen molar-refractivity contribution < 1.29 is 23.8 Å². The van der Waals surface area contributed by atoms with Crippen LogP contribution in [0.4, 0.5) is 0 Å². The molecule has 3 aromatic rings. The van der Waals surface area contributed by atoms with E-state index in [9.17, 15) is 4.79 Å². The molecule has 3 aromatic carbocycles. The van der Waals surface area contributed by atoms with E-state index in [2.05, 4.69) is 9.89 Å². The summed E-state index contributed by atoms with van der Waals surface area (Å²) < 4.78 is 16.2. The number of nitrogens with zero attached hydrogens (tertiary/aromatic N) is 1. The Kier molecular flexibility index (Phi) is 5.42. The van der Waals surface area contributed by atoms with Crippen molar-refractivity contribution in [1.82, 2.24) is 0 Å². The van der Waals surface area contributed by atoms with Gasteiger partial charge in [-0.05, 0) is 54.1 Å². The fourth-order valence-electron chi connectivity index (χ4n) is 2.88. The number of ether oxygens (including phenoxy) is 3. The van der Waals surface area contributed by atoms with Gasteiger partial charge in [0, 0.05) is 0 Å². The second kappa shape index (κ2) is 8.48. The number of carbonyl (C=O) groups excluding carboxylic acids is 1. The Morgan fingerprint density at radius 2 is 1.48 bits per heavy atom. The van der Waals surface area contributed by atoms with Crippen LogP contribution in [0.25, 0.3) is 0 Å². The molecule has 0 saturated carbocycles. The van der Waals surface area contributed by atoms with Gasteiger partial charge in [0.25, 0.3) is 0 Å². The molecule has 0 bridgehead atoms. The molecule has 0 amide bonds. The van der Waals surface area contributed by atoms with Gasteiger partial charge in [-0.3, -0.25) is 0 Å². The van der Waals surface area contributed by atoms with Crippen molar-refractivity contribution >= 4 is 11.9 Å². The summed E-state index contributed by atoms with van der Waals surface area (Å²) in [5, 5.41) is 4.02. The summed E-state index contributed by atoms with van der Waals surface area (Å²) in [6, 6.07) is 24.0. The third-order valence-electron chi connectivity index (χ3n) is 4.38. The van der Waals surface area contributed by atoms with Crippen LogP contribution in [0, 0.1) is 0 Å². The van der Waals surface area contributed by atoms with E-state index in [0.29, 0.717) is 23.6 Å². The first-order valence-corrected chi connectivity index (χ1v) is 9.13. The van der Waals surface area contributed by atoms with E-state index >= 15 is 0 Å². The molecule has 6 nitrogen and oxygen atoms in total. The summed E-state index contributed by atoms with van der Waals surface area (Å²) >= 11 is 0. The minimum atomic E-state index is -0.391. The number of benzene rings is 3. The van der Waals surface area contributed by atoms with Gasteiger partial charge < -0.3 is 19.0 Å². The highest BCUT2D eigenvalue weighted by molar-refractivity contribution is 5.89. The van der Waals surface area contributed by atoms with Crippen LogP contribution in [-0.4, -0.2) is 19.0 Å². The smallest absolute Gasteiger partial charge is 0.337 e. The van der Waals surface area contributed by atoms with E-state index in [1.54, 1.807) is 24.3 Å². The zero-order valence-corrected chi connectivity index (χ0v) is 15.8. The molecule has 0 unspecified atom stereocenters. The van der Waals surface area contributed by atoms with E-state index in [1.807, 2.05) is 54.6 Å². The molecule has 0 fully saturated rings. The maximum absolute atomic E-state index is 11.5. The number of methoxy groups -OCH3 is 1. The Balaban J connectivity index is 1.33. The first-order valence-electron chi connectivity index (χ1n) is 9.13. The lowest BCUT2D eigenvalue weighted by molar-refractivity contribution is 0.0600. The second-order valence-electron chi connectivity index (χ2n) is 6.39. The Bertz CT molecular complexity index is 998. The van der Waals surface area contributed by atoms with E-state index in [0.717, 1.165) is 17.1 Å². The average Bonchev–Trinajstić information content (AvgIpc) is 3.23. The molecule has 0 aromatic heterocycles. The number of para-hydroxylation sites is 1. The van der Waals surface area contributed by atoms with Crippen LogP contribution >= 0.6 is 0 Å². The largest absolute Gasteiger partial charge is 0.465 e. The molecule has 4 rings (SSSR count). The summed E-state index contributed by atoms with van der Waals surface area (Å²) in [7, 11) is 1.35. The molecule has 0 spiro atoms. The molecule has 29 heavy (non-hydrogen) atoms. The fourth-order valence-corrected chi connectivity index (χ4v) is 2.88. The van der Waals surface area contributed by atoms with E-state index in [1.165, 1.54) is 7.11 Å². The molecule has 6 heteroatoms. The third-order valence-corrected chi connectivity index (χ3v) is 4.38. The molecular formula is C23H19NO5. The predicted octanol–water partition coefficient (Wildman–Crippen LogP) is 5.12. The predicted molar refractivity (Wildman–Crippen MR) is 107 cm³/mol. The minimum Gasteiger partial charge on any atom is -0.465 e. The van der Waals surface area contributed by atoms with Gasteiger partial charge in [0.05, 0.1) is 19.1 Å². The normalized spacial score (nSPS) is 15.2. The van der Waals surface area contributed by atoms with Gasteiger partial charge in [0.1, 0.15) is 17.2 Å². The molecule has 1 aliphatic heterocycles. The van der Waals surface area contributed by atoms with Crippen molar-refractivity contribution in [1.29, 1.82) is 0 Å². The lowest BCUT2D eigenvalue weighted by Gasteiger charge is -2.10. The zero-order chi connectivity index (χ0) is 20.1. The maximum atomic E-state index is 11.5. The van der Waals surface area contributed by atoms with Gasteiger partial charge in [0.2, 0.25) is 5.90 Å². The molecule has 1 atom stereocenters. The van der Waals surface area contributed by atoms with E-state index in [-0.39, 0.29) is 6.10 Å². The van der Waals surface area contributed by atoms with E-state index in [4.69, 9.17) is 14.3 Å². The van der Waals surface area contributed by atoms with Gasteiger partial charge in [-0.25, -0.2) is 4.79 Å². The Hall–Kier alpha value is -3.80. The van der Waals surface area contributed by atoms with Gasteiger partial charge in [-0.2, -0.15) is 0 Å². The monoisotopic (exact) mass is 389 g/mol. The molecule has 0 N–H and O–H groups in total. The first-order chi connectivity index (χ1) is 14.2. The second-order valence-corrected chi connectivity index (χ2v) is 6.39. The highest BCUT2D eigenvalue weighted by Crippen LogP contribution is 2.30. The Morgan fingerprint density at radius 1 is 0.862 bits per heavy atom. The summed E-state index contributed by atoms with van der Waals surface area (Å²) in [6.45, 7) is 0. The van der Waals surface area contributed by atoms with Crippen molar-refractivity contribution in [3.05, 3.63) is 90.0 Å². The van der Waals surface area contributed by atoms with Crippen LogP contribution in [0.3, 0.4) is 0 Å². The topological polar surface area (TPSA) is 66.4 Å². The van der Waals surface area contributed by atoms with Crippen molar-refractivity contribution in [2.24, 2.45) is 5.16 Å². The SMILES string of the molecule is COC(=O)c1ccc(OC2=NO[C@@H](c3ccc(Oc4ccccc4)cc3)C2)cc1. The fraction of sp³-hybridized carbons (Fsp3) is 0.130. The van der Waals surface area contributed by atoms with Crippen molar-refractivity contribution in [2.45, 2.75) is 12.5 Å². The van der Waals surface area contributed by atoms with Crippen molar-refractivity contribution in [3.63, 3.8) is 0 Å². The Labute approximate surface area is 168 Å². The van der Waals surface area contributed by atoms with Crippen LogP contribution in [0.2, 0.25) is 0 Å². The number of esters is 1. The molecule has 1 heterocycles. The number of rotatable bonds is 5. The van der Waals surface area contributed by atoms with Crippen LogP contribution < -0.4 is 9.47 Å². The number of carbonyl (C=O) groups is 1. The lowest BCUT2D eigenvalue weighted by atomic mass is 10.1. The van der Waals surface area contributed by atoms with Crippen molar-refractivity contribution in [2.75, 3.05) is 7.11 Å². The van der Waals surface area contributed by atoms with Crippen LogP contribution in [0.5, 0.6) is 17.2 Å². The highest BCUT2D eigenvalue weighted by Gasteiger charge is 2.24. The van der Waals surface area contributed by atoms with E-state index < -0.39 is 5.97 Å². The number of hydrogen-bond acceptors (Lipinski definition) is 6. The van der Waals surface area contributed by atoms with Crippen molar-refractivity contribution in [3.8, 4) is 17.2 Å². The average molecular weight is 389 g/mol. The molecule has 0 radical (unpaired) electrons. The summed E-state index contributed by atoms with van der Waals surface area (Å²) in [4.78, 5) is 17.0. The van der Waals surface area contributed by atoms with Crippen LogP contribution in [0.15, 0.2) is 84.0 Å². The summed E-state index contributed by atoms with van der Waals surface area (Å²) in [6.07, 6.45) is 0.294. The molecule has 0 aliphatic carbocycles. The number of hydrogen-bond donors (Lipinski definition) is 0. The minimum absolute atomic E-state index is 0.217. The molecular weight excluding hydrogens is 370 g/mol. The number of oxime groups is 1. The van der Waals surface area contributed by atoms with Crippen LogP contribution in [-0.2, 0) is 9.57 Å². The Morgan fingerprint density at radius 3 is 2.17 bits per heavy atom. The van der Waals surface area contributed by atoms with Gasteiger partial charge >= 0.3 is 5.97 Å². The molecule has 0 saturated heterocycles. The third kappa shape index (κ3) is 4.55. The van der Waals surface area contributed by atoms with Gasteiger partial charge in [-0.15, -0.1) is 0 Å². The van der Waals surface area contributed by atoms with Gasteiger partial charge in [-0.1, -0.05) is 35.5 Å². The van der Waals surface area contributed by atoms with Crippen LogP contribution in [0.1, 0.15) is 28.4 Å². The quantitative estimate of drug-likeness (QED) is 0.567. The summed E-state index contributed by atoms with van der Waals surface area (Å²) in [5.41, 5.74) is 1.44. The molecule has 146 valence electrons. The maximum Gasteiger partial charge on any atom is 0.337 e. The zero-order valence-electron chi connectivity index (χ0n) is 15.8. The lowest BCUT2D eigenvalue weighted by Crippen LogP contribution is -2.08. The van der Waals surface area contributed by atoms with Gasteiger partial charge in [0.15, 0.2) is 6.10 Å².